The van der Waals surface area contributed by atoms with Gasteiger partial charge in [-0.1, -0.05) is 15.9 Å². The van der Waals surface area contributed by atoms with Crippen LogP contribution in [0.1, 0.15) is 37.9 Å². The van der Waals surface area contributed by atoms with E-state index in [1.165, 1.54) is 6.07 Å². The van der Waals surface area contributed by atoms with E-state index in [0.29, 0.717) is 16.6 Å². The summed E-state index contributed by atoms with van der Waals surface area (Å²) in [6, 6.07) is 3.01. The van der Waals surface area contributed by atoms with Gasteiger partial charge >= 0.3 is 5.69 Å². The highest BCUT2D eigenvalue weighted by Crippen LogP contribution is 2.38. The molecule has 6 nitrogen and oxygen atoms in total. The topological polar surface area (TPSA) is 81.8 Å². The van der Waals surface area contributed by atoms with Gasteiger partial charge in [-0.05, 0) is 32.3 Å². The van der Waals surface area contributed by atoms with Gasteiger partial charge in [-0.2, -0.15) is 0 Å². The lowest BCUT2D eigenvalue weighted by Crippen LogP contribution is -2.26. The van der Waals surface area contributed by atoms with Crippen molar-refractivity contribution in [3.63, 3.8) is 0 Å². The third-order valence-electron chi connectivity index (χ3n) is 3.40. The summed E-state index contributed by atoms with van der Waals surface area (Å²) in [4.78, 5) is 10.7. The zero-order valence-corrected chi connectivity index (χ0v) is 13.3. The van der Waals surface area contributed by atoms with Gasteiger partial charge in [-0.25, -0.2) is 0 Å². The summed E-state index contributed by atoms with van der Waals surface area (Å²) >= 11 is 3.22. The highest BCUT2D eigenvalue weighted by atomic mass is 79.9. The van der Waals surface area contributed by atoms with Crippen molar-refractivity contribution < 1.29 is 19.5 Å². The molecule has 2 atom stereocenters. The molecule has 2 rings (SSSR count). The van der Waals surface area contributed by atoms with Crippen LogP contribution in [-0.2, 0) is 4.74 Å². The monoisotopic (exact) mass is 359 g/mol. The molecule has 1 heterocycles. The molecule has 7 heteroatoms. The molecule has 1 aliphatic rings. The van der Waals surface area contributed by atoms with Gasteiger partial charge < -0.3 is 14.6 Å². The molecule has 1 saturated heterocycles. The number of nitro groups is 1. The Kier molecular flexibility index (Phi) is 5.55. The summed E-state index contributed by atoms with van der Waals surface area (Å²) in [6.07, 6.45) is 2.08. The second-order valence-corrected chi connectivity index (χ2v) is 5.99. The number of benzene rings is 1. The Hall–Kier alpha value is -1.18. The van der Waals surface area contributed by atoms with E-state index in [9.17, 15) is 15.2 Å². The molecule has 1 unspecified atom stereocenters. The van der Waals surface area contributed by atoms with Gasteiger partial charge in [0.2, 0.25) is 5.75 Å². The van der Waals surface area contributed by atoms with Crippen LogP contribution >= 0.6 is 15.9 Å². The van der Waals surface area contributed by atoms with Crippen LogP contribution in [0.4, 0.5) is 5.69 Å². The van der Waals surface area contributed by atoms with Crippen molar-refractivity contribution in [3.05, 3.63) is 32.3 Å². The summed E-state index contributed by atoms with van der Waals surface area (Å²) < 4.78 is 11.7. The van der Waals surface area contributed by atoms with Crippen molar-refractivity contribution >= 4 is 21.6 Å². The standard InChI is InChI=1S/C14H18BrNO5/c1-9(17)12-6-10(15)7-13(16(18)19)14(12)21-8-11-4-2-3-5-20-11/h6-7,9,11,17H,2-5,8H2,1H3/t9-,11?/m0/s1. The number of ether oxygens (including phenoxy) is 2. The van der Waals surface area contributed by atoms with E-state index < -0.39 is 11.0 Å². The molecule has 0 bridgehead atoms. The predicted octanol–water partition coefficient (Wildman–Crippen LogP) is 3.36. The zero-order valence-electron chi connectivity index (χ0n) is 11.8. The van der Waals surface area contributed by atoms with Gasteiger partial charge in [0.15, 0.2) is 0 Å². The van der Waals surface area contributed by atoms with Crippen molar-refractivity contribution in [1.82, 2.24) is 0 Å². The van der Waals surface area contributed by atoms with Gasteiger partial charge in [-0.3, -0.25) is 10.1 Å². The fourth-order valence-electron chi connectivity index (χ4n) is 2.32. The number of aliphatic hydroxyl groups excluding tert-OH is 1. The van der Waals surface area contributed by atoms with Crippen LogP contribution in [0.5, 0.6) is 5.75 Å². The first-order chi connectivity index (χ1) is 9.99. The van der Waals surface area contributed by atoms with E-state index in [0.717, 1.165) is 19.3 Å². The van der Waals surface area contributed by atoms with Gasteiger partial charge in [0.25, 0.3) is 0 Å². The lowest BCUT2D eigenvalue weighted by molar-refractivity contribution is -0.386. The highest BCUT2D eigenvalue weighted by Gasteiger charge is 2.25. The summed E-state index contributed by atoms with van der Waals surface area (Å²) in [5.74, 6) is 0.118. The van der Waals surface area contributed by atoms with E-state index >= 15 is 0 Å². The number of aliphatic hydroxyl groups is 1. The SMILES string of the molecule is C[C@H](O)c1cc(Br)cc([N+](=O)[O-])c1OCC1CCCCO1. The minimum Gasteiger partial charge on any atom is -0.484 e. The molecule has 0 saturated carbocycles. The zero-order chi connectivity index (χ0) is 15.4. The molecular formula is C14H18BrNO5. The number of halogens is 1. The van der Waals surface area contributed by atoms with E-state index in [-0.39, 0.29) is 24.1 Å². The largest absolute Gasteiger partial charge is 0.484 e. The summed E-state index contributed by atoms with van der Waals surface area (Å²) in [5, 5.41) is 21.0. The fraction of sp³-hybridized carbons (Fsp3) is 0.571. The number of rotatable bonds is 5. The first-order valence-corrected chi connectivity index (χ1v) is 7.68. The highest BCUT2D eigenvalue weighted by molar-refractivity contribution is 9.10. The molecule has 0 aliphatic carbocycles. The molecule has 1 N–H and O–H groups in total. The Labute approximate surface area is 131 Å². The first kappa shape index (κ1) is 16.2. The van der Waals surface area contributed by atoms with Crippen LogP contribution in [0.3, 0.4) is 0 Å². The minimum atomic E-state index is -0.858. The van der Waals surface area contributed by atoms with Crippen LogP contribution in [0.25, 0.3) is 0 Å². The van der Waals surface area contributed by atoms with Gasteiger partial charge in [0.1, 0.15) is 6.61 Å². The second kappa shape index (κ2) is 7.20. The Morgan fingerprint density at radius 1 is 1.57 bits per heavy atom. The maximum absolute atomic E-state index is 11.2. The molecule has 0 radical (unpaired) electrons. The Morgan fingerprint density at radius 2 is 2.33 bits per heavy atom. The molecule has 1 aliphatic heterocycles. The van der Waals surface area contributed by atoms with E-state index in [2.05, 4.69) is 15.9 Å². The fourth-order valence-corrected chi connectivity index (χ4v) is 2.78. The lowest BCUT2D eigenvalue weighted by Gasteiger charge is -2.23. The molecule has 1 aromatic carbocycles. The van der Waals surface area contributed by atoms with E-state index in [1.807, 2.05) is 0 Å². The average Bonchev–Trinajstić information content (AvgIpc) is 2.46. The van der Waals surface area contributed by atoms with Gasteiger partial charge in [0, 0.05) is 22.7 Å². The van der Waals surface area contributed by atoms with E-state index in [4.69, 9.17) is 9.47 Å². The summed E-state index contributed by atoms with van der Waals surface area (Å²) in [5.41, 5.74) is 0.239. The van der Waals surface area contributed by atoms with Crippen molar-refractivity contribution in [2.75, 3.05) is 13.2 Å². The summed E-state index contributed by atoms with van der Waals surface area (Å²) in [6.45, 7) is 2.50. The quantitative estimate of drug-likeness (QED) is 0.643. The van der Waals surface area contributed by atoms with Crippen LogP contribution in [0.2, 0.25) is 0 Å². The molecule has 1 aromatic rings. The molecule has 0 amide bonds. The Balaban J connectivity index is 2.24. The molecule has 1 fully saturated rings. The van der Waals surface area contributed by atoms with Crippen molar-refractivity contribution in [3.8, 4) is 5.75 Å². The molecule has 116 valence electrons. The third kappa shape index (κ3) is 4.15. The van der Waals surface area contributed by atoms with E-state index in [1.54, 1.807) is 13.0 Å². The van der Waals surface area contributed by atoms with Crippen molar-refractivity contribution in [2.24, 2.45) is 0 Å². The Morgan fingerprint density at radius 3 is 2.90 bits per heavy atom. The van der Waals surface area contributed by atoms with Crippen molar-refractivity contribution in [1.29, 1.82) is 0 Å². The second-order valence-electron chi connectivity index (χ2n) is 5.08. The van der Waals surface area contributed by atoms with Crippen LogP contribution in [0.15, 0.2) is 16.6 Å². The van der Waals surface area contributed by atoms with Crippen LogP contribution in [0, 0.1) is 10.1 Å². The number of hydrogen-bond donors (Lipinski definition) is 1. The number of nitrogens with zero attached hydrogens (tertiary/aromatic N) is 1. The molecular weight excluding hydrogens is 342 g/mol. The Bertz CT molecular complexity index is 514. The van der Waals surface area contributed by atoms with Gasteiger partial charge in [0.05, 0.1) is 17.1 Å². The average molecular weight is 360 g/mol. The lowest BCUT2D eigenvalue weighted by atomic mass is 10.1. The molecule has 21 heavy (non-hydrogen) atoms. The first-order valence-electron chi connectivity index (χ1n) is 6.89. The smallest absolute Gasteiger partial charge is 0.312 e. The number of nitro benzene ring substituents is 1. The van der Waals surface area contributed by atoms with Crippen molar-refractivity contribution in [2.45, 2.75) is 38.4 Å². The maximum atomic E-state index is 11.2. The summed E-state index contributed by atoms with van der Waals surface area (Å²) in [7, 11) is 0. The van der Waals surface area contributed by atoms with Crippen LogP contribution in [-0.4, -0.2) is 29.3 Å². The third-order valence-corrected chi connectivity index (χ3v) is 3.86. The maximum Gasteiger partial charge on any atom is 0.312 e. The van der Waals surface area contributed by atoms with Gasteiger partial charge in [-0.15, -0.1) is 0 Å². The normalized spacial score (nSPS) is 20.0. The molecule has 0 aromatic heterocycles. The minimum absolute atomic E-state index is 0.0520. The number of hydrogen-bond acceptors (Lipinski definition) is 5. The molecule has 0 spiro atoms. The van der Waals surface area contributed by atoms with Crippen LogP contribution < -0.4 is 4.74 Å². The predicted molar refractivity (Wildman–Crippen MR) is 80.5 cm³/mol.